The Balaban J connectivity index is 1.76. The Labute approximate surface area is 145 Å². The summed E-state index contributed by atoms with van der Waals surface area (Å²) in [7, 11) is 0. The van der Waals surface area contributed by atoms with Crippen LogP contribution in [0.3, 0.4) is 0 Å². The lowest BCUT2D eigenvalue weighted by molar-refractivity contribution is 0.0816. The molecule has 1 aliphatic rings. The summed E-state index contributed by atoms with van der Waals surface area (Å²) in [5, 5.41) is 16.9. The molecule has 1 fully saturated rings. The summed E-state index contributed by atoms with van der Waals surface area (Å²) in [4.78, 5) is 14.7. The van der Waals surface area contributed by atoms with E-state index in [9.17, 15) is 9.90 Å². The molecule has 0 aromatic carbocycles. The van der Waals surface area contributed by atoms with Crippen molar-refractivity contribution in [3.8, 4) is 0 Å². The van der Waals surface area contributed by atoms with Gasteiger partial charge in [0.1, 0.15) is 0 Å². The Morgan fingerprint density at radius 2 is 2.04 bits per heavy atom. The van der Waals surface area contributed by atoms with Crippen molar-refractivity contribution in [3.63, 3.8) is 0 Å². The third-order valence-corrected chi connectivity index (χ3v) is 5.07. The van der Waals surface area contributed by atoms with Crippen molar-refractivity contribution in [1.29, 1.82) is 0 Å². The van der Waals surface area contributed by atoms with Gasteiger partial charge < -0.3 is 15.3 Å². The smallest absolute Gasteiger partial charge is 0.254 e. The Kier molecular flexibility index (Phi) is 7.24. The molecule has 6 heteroatoms. The summed E-state index contributed by atoms with van der Waals surface area (Å²) in [6, 6.07) is 0.362. The van der Waals surface area contributed by atoms with Gasteiger partial charge in [-0.15, -0.1) is 0 Å². The quantitative estimate of drug-likeness (QED) is 0.714. The summed E-state index contributed by atoms with van der Waals surface area (Å²) in [6.45, 7) is 9.82. The van der Waals surface area contributed by atoms with Crippen molar-refractivity contribution in [3.05, 3.63) is 17.5 Å². The Morgan fingerprint density at radius 1 is 1.38 bits per heavy atom. The highest BCUT2D eigenvalue weighted by atomic mass is 16.3. The number of carbonyl (C=O) groups is 1. The highest BCUT2D eigenvalue weighted by Gasteiger charge is 2.18. The molecule has 0 saturated carbocycles. The number of rotatable bonds is 8. The van der Waals surface area contributed by atoms with E-state index >= 15 is 0 Å². The van der Waals surface area contributed by atoms with Gasteiger partial charge in [-0.3, -0.25) is 9.48 Å². The molecule has 136 valence electrons. The zero-order valence-electron chi connectivity index (χ0n) is 15.3. The molecule has 1 saturated heterocycles. The molecule has 2 N–H and O–H groups in total. The van der Waals surface area contributed by atoms with Crippen molar-refractivity contribution in [2.45, 2.75) is 65.0 Å². The molecule has 1 aromatic heterocycles. The van der Waals surface area contributed by atoms with Crippen LogP contribution in [-0.2, 0) is 0 Å². The van der Waals surface area contributed by atoms with E-state index in [0.29, 0.717) is 18.2 Å². The van der Waals surface area contributed by atoms with Crippen molar-refractivity contribution in [1.82, 2.24) is 20.0 Å². The van der Waals surface area contributed by atoms with Gasteiger partial charge in [0.25, 0.3) is 5.91 Å². The van der Waals surface area contributed by atoms with E-state index in [0.717, 1.165) is 57.4 Å². The summed E-state index contributed by atoms with van der Waals surface area (Å²) >= 11 is 0. The number of hydrogen-bond donors (Lipinski definition) is 2. The summed E-state index contributed by atoms with van der Waals surface area (Å²) in [5.41, 5.74) is 1.63. The van der Waals surface area contributed by atoms with Crippen LogP contribution in [0.15, 0.2) is 6.20 Å². The van der Waals surface area contributed by atoms with Crippen LogP contribution in [0.4, 0.5) is 0 Å². The van der Waals surface area contributed by atoms with Crippen LogP contribution in [0.1, 0.15) is 68.0 Å². The van der Waals surface area contributed by atoms with Crippen molar-refractivity contribution < 1.29 is 9.90 Å². The number of likely N-dealkylation sites (tertiary alicyclic amines) is 1. The van der Waals surface area contributed by atoms with Crippen molar-refractivity contribution in [2.75, 3.05) is 26.2 Å². The zero-order chi connectivity index (χ0) is 17.5. The Hall–Kier alpha value is -1.40. The van der Waals surface area contributed by atoms with Crippen molar-refractivity contribution >= 4 is 5.91 Å². The molecule has 0 spiro atoms. The second kappa shape index (κ2) is 9.18. The second-order valence-corrected chi connectivity index (χ2v) is 6.74. The van der Waals surface area contributed by atoms with Gasteiger partial charge in [0.2, 0.25) is 0 Å². The minimum Gasteiger partial charge on any atom is -0.393 e. The molecule has 0 radical (unpaired) electrons. The topological polar surface area (TPSA) is 70.4 Å². The predicted octanol–water partition coefficient (Wildman–Crippen LogP) is 2.13. The van der Waals surface area contributed by atoms with E-state index in [-0.39, 0.29) is 12.0 Å². The minimum absolute atomic E-state index is 0.0289. The van der Waals surface area contributed by atoms with Gasteiger partial charge in [-0.1, -0.05) is 13.8 Å². The Bertz CT molecular complexity index is 517. The van der Waals surface area contributed by atoms with Gasteiger partial charge in [0.15, 0.2) is 0 Å². The first-order chi connectivity index (χ1) is 11.6. The largest absolute Gasteiger partial charge is 0.393 e. The number of amides is 1. The molecule has 1 amide bonds. The molecular weight excluding hydrogens is 304 g/mol. The molecule has 0 unspecified atom stereocenters. The van der Waals surface area contributed by atoms with Crippen LogP contribution in [-0.4, -0.2) is 58.0 Å². The monoisotopic (exact) mass is 336 g/mol. The molecule has 0 aliphatic carbocycles. The van der Waals surface area contributed by atoms with E-state index in [1.807, 2.05) is 11.6 Å². The maximum absolute atomic E-state index is 12.4. The van der Waals surface area contributed by atoms with Crippen LogP contribution in [0, 0.1) is 6.92 Å². The normalized spacial score (nSPS) is 16.7. The van der Waals surface area contributed by atoms with Gasteiger partial charge in [-0.2, -0.15) is 5.10 Å². The fourth-order valence-corrected chi connectivity index (χ4v) is 3.39. The van der Waals surface area contributed by atoms with Crippen LogP contribution in [0.25, 0.3) is 0 Å². The number of aromatic nitrogens is 2. The average Bonchev–Trinajstić information content (AvgIpc) is 2.96. The lowest BCUT2D eigenvalue weighted by Gasteiger charge is -2.29. The second-order valence-electron chi connectivity index (χ2n) is 6.74. The molecule has 1 aromatic rings. The van der Waals surface area contributed by atoms with Gasteiger partial charge in [0.05, 0.1) is 23.9 Å². The molecule has 24 heavy (non-hydrogen) atoms. The highest BCUT2D eigenvalue weighted by Crippen LogP contribution is 2.19. The SMILES string of the molecule is CCC(CC)n1ncc(C(=O)NCCCN2CCC(O)CC2)c1C. The van der Waals surface area contributed by atoms with Gasteiger partial charge in [-0.05, 0) is 45.6 Å². The van der Waals surface area contributed by atoms with Crippen molar-refractivity contribution in [2.24, 2.45) is 0 Å². The lowest BCUT2D eigenvalue weighted by Crippen LogP contribution is -2.37. The third-order valence-electron chi connectivity index (χ3n) is 5.07. The summed E-state index contributed by atoms with van der Waals surface area (Å²) < 4.78 is 1.98. The fraction of sp³-hybridized carbons (Fsp3) is 0.778. The number of piperidine rings is 1. The molecule has 2 heterocycles. The number of aliphatic hydroxyl groups excluding tert-OH is 1. The van der Waals surface area contributed by atoms with E-state index < -0.39 is 0 Å². The van der Waals surface area contributed by atoms with E-state index in [1.165, 1.54) is 0 Å². The minimum atomic E-state index is -0.129. The molecule has 2 rings (SSSR count). The number of nitrogens with zero attached hydrogens (tertiary/aromatic N) is 3. The van der Waals surface area contributed by atoms with Gasteiger partial charge >= 0.3 is 0 Å². The average molecular weight is 336 g/mol. The fourth-order valence-electron chi connectivity index (χ4n) is 3.39. The number of aliphatic hydroxyl groups is 1. The summed E-state index contributed by atoms with van der Waals surface area (Å²) in [5.74, 6) is -0.0289. The van der Waals surface area contributed by atoms with Crippen LogP contribution >= 0.6 is 0 Å². The maximum Gasteiger partial charge on any atom is 0.254 e. The molecular formula is C18H32N4O2. The molecule has 6 nitrogen and oxygen atoms in total. The van der Waals surface area contributed by atoms with Crippen LogP contribution in [0.5, 0.6) is 0 Å². The number of nitrogens with one attached hydrogen (secondary N) is 1. The predicted molar refractivity (Wildman–Crippen MR) is 95.2 cm³/mol. The first kappa shape index (κ1) is 18.9. The maximum atomic E-state index is 12.4. The van der Waals surface area contributed by atoms with Crippen LogP contribution in [0.2, 0.25) is 0 Å². The molecule has 1 aliphatic heterocycles. The first-order valence-corrected chi connectivity index (χ1v) is 9.29. The van der Waals surface area contributed by atoms with Crippen LogP contribution < -0.4 is 5.32 Å². The van der Waals surface area contributed by atoms with E-state index in [2.05, 4.69) is 29.2 Å². The van der Waals surface area contributed by atoms with Gasteiger partial charge in [0, 0.05) is 25.3 Å². The molecule has 0 atom stereocenters. The van der Waals surface area contributed by atoms with E-state index in [1.54, 1.807) is 6.20 Å². The number of hydrogen-bond acceptors (Lipinski definition) is 4. The van der Waals surface area contributed by atoms with Gasteiger partial charge in [-0.25, -0.2) is 0 Å². The summed E-state index contributed by atoms with van der Waals surface area (Å²) in [6.07, 6.45) is 6.25. The van der Waals surface area contributed by atoms with E-state index in [4.69, 9.17) is 0 Å². The Morgan fingerprint density at radius 3 is 2.67 bits per heavy atom. The molecule has 0 bridgehead atoms. The first-order valence-electron chi connectivity index (χ1n) is 9.29. The standard InChI is InChI=1S/C18H32N4O2/c1-4-15(5-2)22-14(3)17(13-20-22)18(24)19-9-6-10-21-11-7-16(23)8-12-21/h13,15-16,23H,4-12H2,1-3H3,(H,19,24). The lowest BCUT2D eigenvalue weighted by atomic mass is 10.1. The third kappa shape index (κ3) is 4.80. The zero-order valence-corrected chi connectivity index (χ0v) is 15.3. The number of carbonyl (C=O) groups excluding carboxylic acids is 1. The highest BCUT2D eigenvalue weighted by molar-refractivity contribution is 5.95.